The number of amides is 3. The Kier molecular flexibility index (Phi) is 5.55. The molecule has 1 saturated heterocycles. The van der Waals surface area contributed by atoms with Gasteiger partial charge in [0.25, 0.3) is 5.91 Å². The molecule has 2 aliphatic rings. The van der Waals surface area contributed by atoms with E-state index in [9.17, 15) is 23.9 Å². The van der Waals surface area contributed by atoms with E-state index in [0.717, 1.165) is 11.1 Å². The third kappa shape index (κ3) is 3.48. The molecule has 0 aromatic heterocycles. The van der Waals surface area contributed by atoms with Gasteiger partial charge in [0.15, 0.2) is 5.54 Å². The van der Waals surface area contributed by atoms with Crippen molar-refractivity contribution in [2.24, 2.45) is 0 Å². The van der Waals surface area contributed by atoms with E-state index < -0.39 is 31.0 Å². The molecule has 0 aliphatic carbocycles. The van der Waals surface area contributed by atoms with E-state index in [1.165, 1.54) is 6.07 Å². The maximum absolute atomic E-state index is 13.8. The van der Waals surface area contributed by atoms with Crippen LogP contribution in [0.4, 0.5) is 4.79 Å². The quantitative estimate of drug-likeness (QED) is 0.319. The summed E-state index contributed by atoms with van der Waals surface area (Å²) in [6, 6.07) is 17.1. The summed E-state index contributed by atoms with van der Waals surface area (Å²) in [6.07, 6.45) is 0.758. The molecule has 35 heavy (non-hydrogen) atoms. The summed E-state index contributed by atoms with van der Waals surface area (Å²) in [6.45, 7) is 3.69. The lowest BCUT2D eigenvalue weighted by atomic mass is 9.68. The molecular formula is C26H25N2O6P. The van der Waals surface area contributed by atoms with Gasteiger partial charge in [0.2, 0.25) is 0 Å². The van der Waals surface area contributed by atoms with Crippen LogP contribution < -0.4 is 20.7 Å². The normalized spacial score (nSPS) is 19.4. The molecule has 1 atom stereocenters. The van der Waals surface area contributed by atoms with Gasteiger partial charge in [-0.05, 0) is 47.7 Å². The number of benzene rings is 3. The number of para-hydroxylation sites is 2. The summed E-state index contributed by atoms with van der Waals surface area (Å²) < 4.78 is 18.4. The van der Waals surface area contributed by atoms with Crippen LogP contribution in [0.2, 0.25) is 0 Å². The van der Waals surface area contributed by atoms with Gasteiger partial charge in [0.05, 0.1) is 11.2 Å². The number of fused-ring (bicyclic) bond motifs is 2. The van der Waals surface area contributed by atoms with Gasteiger partial charge in [-0.15, -0.1) is 0 Å². The van der Waals surface area contributed by atoms with Crippen molar-refractivity contribution in [3.05, 3.63) is 88.5 Å². The van der Waals surface area contributed by atoms with E-state index in [1.54, 1.807) is 6.07 Å². The second-order valence-electron chi connectivity index (χ2n) is 8.67. The third-order valence-corrected chi connectivity index (χ3v) is 7.91. The molecule has 2 heterocycles. The predicted molar refractivity (Wildman–Crippen MR) is 130 cm³/mol. The fourth-order valence-electron chi connectivity index (χ4n) is 5.51. The van der Waals surface area contributed by atoms with Crippen molar-refractivity contribution >= 4 is 24.8 Å². The van der Waals surface area contributed by atoms with E-state index in [2.05, 4.69) is 10.6 Å². The highest BCUT2D eigenvalue weighted by atomic mass is 31.2. The monoisotopic (exact) mass is 492 g/mol. The summed E-state index contributed by atoms with van der Waals surface area (Å²) in [5.74, 6) is -0.0269. The predicted octanol–water partition coefficient (Wildman–Crippen LogP) is 3.59. The second-order valence-corrected chi connectivity index (χ2v) is 10.2. The number of hydrogen-bond donors (Lipinski definition) is 4. The van der Waals surface area contributed by atoms with Gasteiger partial charge in [-0.2, -0.15) is 0 Å². The average molecular weight is 492 g/mol. The summed E-state index contributed by atoms with van der Waals surface area (Å²) in [4.78, 5) is 46.5. The number of hydrogen-bond acceptors (Lipinski definition) is 4. The smallest absolute Gasteiger partial charge is 0.356 e. The summed E-state index contributed by atoms with van der Waals surface area (Å²) in [7, 11) is -4.56. The summed E-state index contributed by atoms with van der Waals surface area (Å²) >= 11 is 0. The number of ether oxygens (including phenoxy) is 1. The Morgan fingerprint density at radius 2 is 1.46 bits per heavy atom. The number of rotatable bonds is 5. The molecule has 3 aromatic carbocycles. The standard InChI is InChI=1S/C26H25N2O6P/c1-3-15-16(4-2)22(35(31,32)33)14-13-19(15)26(24(29)27-25(30)28-26)23-17-9-5-7-11-20(17)34-21-12-8-6-10-18(21)23/h5-14,23H,3-4H2,1-2H3,(H2,31,32,33)(H2,27,28,29,30). The molecule has 3 amide bonds. The zero-order valence-electron chi connectivity index (χ0n) is 19.2. The van der Waals surface area contributed by atoms with E-state index in [4.69, 9.17) is 4.74 Å². The first-order chi connectivity index (χ1) is 16.7. The van der Waals surface area contributed by atoms with Crippen LogP contribution in [-0.2, 0) is 27.7 Å². The van der Waals surface area contributed by atoms with Crippen molar-refractivity contribution in [1.29, 1.82) is 0 Å². The van der Waals surface area contributed by atoms with Gasteiger partial charge in [0, 0.05) is 11.1 Å². The second kappa shape index (κ2) is 8.34. The Bertz CT molecular complexity index is 1370. The van der Waals surface area contributed by atoms with E-state index >= 15 is 0 Å². The highest BCUT2D eigenvalue weighted by molar-refractivity contribution is 7.60. The molecule has 1 unspecified atom stereocenters. The van der Waals surface area contributed by atoms with Gasteiger partial charge in [0.1, 0.15) is 11.5 Å². The van der Waals surface area contributed by atoms with Crippen molar-refractivity contribution in [3.8, 4) is 11.5 Å². The number of imide groups is 1. The van der Waals surface area contributed by atoms with Gasteiger partial charge in [-0.25, -0.2) is 4.79 Å². The van der Waals surface area contributed by atoms with E-state index in [0.29, 0.717) is 41.0 Å². The molecule has 0 saturated carbocycles. The topological polar surface area (TPSA) is 125 Å². The Hall–Kier alpha value is -3.45. The van der Waals surface area contributed by atoms with Crippen molar-refractivity contribution in [1.82, 2.24) is 10.6 Å². The van der Waals surface area contributed by atoms with Crippen LogP contribution in [0.1, 0.15) is 47.6 Å². The highest BCUT2D eigenvalue weighted by Crippen LogP contribution is 2.54. The minimum absolute atomic E-state index is 0.0618. The van der Waals surface area contributed by atoms with Gasteiger partial charge in [-0.3, -0.25) is 14.7 Å². The average Bonchev–Trinajstić information content (AvgIpc) is 3.14. The first-order valence-electron chi connectivity index (χ1n) is 11.4. The van der Waals surface area contributed by atoms with Crippen LogP contribution in [0.25, 0.3) is 0 Å². The lowest BCUT2D eigenvalue weighted by Crippen LogP contribution is -2.51. The van der Waals surface area contributed by atoms with Crippen LogP contribution in [-0.4, -0.2) is 21.7 Å². The lowest BCUT2D eigenvalue weighted by Gasteiger charge is -2.41. The number of carbonyl (C=O) groups excluding carboxylic acids is 2. The number of urea groups is 1. The van der Waals surface area contributed by atoms with E-state index in [-0.39, 0.29) is 5.30 Å². The SMILES string of the molecule is CCc1c(C2(C3c4ccccc4Oc4ccccc43)NC(=O)NC2=O)ccc(P(=O)(O)O)c1CC. The first-order valence-corrected chi connectivity index (χ1v) is 13.0. The molecule has 0 bridgehead atoms. The Labute approximate surface area is 202 Å². The van der Waals surface area contributed by atoms with Crippen LogP contribution >= 0.6 is 7.60 Å². The molecule has 5 rings (SSSR count). The first kappa shape index (κ1) is 23.3. The molecule has 0 radical (unpaired) electrons. The molecular weight excluding hydrogens is 467 g/mol. The largest absolute Gasteiger partial charge is 0.457 e. The molecule has 3 aromatic rings. The Morgan fingerprint density at radius 3 is 1.94 bits per heavy atom. The molecule has 0 spiro atoms. The van der Waals surface area contributed by atoms with Crippen molar-refractivity contribution < 1.29 is 28.7 Å². The summed E-state index contributed by atoms with van der Waals surface area (Å²) in [5, 5.41) is 5.27. The van der Waals surface area contributed by atoms with Crippen LogP contribution in [0.5, 0.6) is 11.5 Å². The Morgan fingerprint density at radius 1 is 0.886 bits per heavy atom. The maximum Gasteiger partial charge on any atom is 0.356 e. The molecule has 180 valence electrons. The number of nitrogens with one attached hydrogen (secondary N) is 2. The zero-order chi connectivity index (χ0) is 25.0. The minimum atomic E-state index is -4.56. The van der Waals surface area contributed by atoms with Gasteiger partial charge < -0.3 is 19.8 Å². The Balaban J connectivity index is 1.88. The van der Waals surface area contributed by atoms with Crippen molar-refractivity contribution in [3.63, 3.8) is 0 Å². The van der Waals surface area contributed by atoms with Crippen LogP contribution in [0.3, 0.4) is 0 Å². The minimum Gasteiger partial charge on any atom is -0.457 e. The van der Waals surface area contributed by atoms with Crippen molar-refractivity contribution in [2.75, 3.05) is 0 Å². The number of carbonyl (C=O) groups is 2. The zero-order valence-corrected chi connectivity index (χ0v) is 20.1. The van der Waals surface area contributed by atoms with Crippen molar-refractivity contribution in [2.45, 2.75) is 38.1 Å². The highest BCUT2D eigenvalue weighted by Gasteiger charge is 2.57. The van der Waals surface area contributed by atoms with Crippen LogP contribution in [0.15, 0.2) is 60.7 Å². The molecule has 1 fully saturated rings. The molecule has 8 nitrogen and oxygen atoms in total. The fourth-order valence-corrected chi connectivity index (χ4v) is 6.43. The van der Waals surface area contributed by atoms with E-state index in [1.807, 2.05) is 62.4 Å². The lowest BCUT2D eigenvalue weighted by molar-refractivity contribution is -0.124. The fraction of sp³-hybridized carbons (Fsp3) is 0.231. The maximum atomic E-state index is 13.8. The van der Waals surface area contributed by atoms with Gasteiger partial charge in [-0.1, -0.05) is 56.3 Å². The van der Waals surface area contributed by atoms with Crippen LogP contribution in [0, 0.1) is 0 Å². The molecule has 2 aliphatic heterocycles. The summed E-state index contributed by atoms with van der Waals surface area (Å²) in [5.41, 5.74) is 1.52. The van der Waals surface area contributed by atoms with Gasteiger partial charge >= 0.3 is 13.6 Å². The third-order valence-electron chi connectivity index (χ3n) is 6.86. The molecule has 4 N–H and O–H groups in total. The molecule has 9 heteroatoms.